The summed E-state index contributed by atoms with van der Waals surface area (Å²) in [7, 11) is 0. The second-order valence-electron chi connectivity index (χ2n) is 9.11. The molecule has 0 saturated carbocycles. The minimum Gasteiger partial charge on any atom is -0.368 e. The molecule has 2 atom stereocenters. The molecule has 3 aliphatic heterocycles. The van der Waals surface area contributed by atoms with E-state index in [1.807, 2.05) is 52.3 Å². The van der Waals surface area contributed by atoms with Crippen LogP contribution in [0.15, 0.2) is 78.9 Å². The number of anilines is 1. The Hall–Kier alpha value is -3.60. The molecule has 5 nitrogen and oxygen atoms in total. The molecule has 3 heterocycles. The van der Waals surface area contributed by atoms with Crippen LogP contribution >= 0.6 is 0 Å². The Morgan fingerprint density at radius 2 is 1.39 bits per heavy atom. The second-order valence-corrected chi connectivity index (χ2v) is 9.11. The first kappa shape index (κ1) is 20.0. The van der Waals surface area contributed by atoms with Crippen molar-refractivity contribution in [1.29, 1.82) is 0 Å². The van der Waals surface area contributed by atoms with Gasteiger partial charge in [-0.15, -0.1) is 0 Å². The monoisotopic (exact) mass is 437 g/mol. The standard InChI is InChI=1S/C28H27N3O2/c32-27-24-13-7-6-12-23(24)25(26-22-11-5-4-8-20(22)14-15-31(26)27)28(33)30-18-16-29(17-19-30)21-9-2-1-3-10-21/h1-13,25-26H,14-19H2/t25-,26+/m1/s1. The summed E-state index contributed by atoms with van der Waals surface area (Å²) in [5.74, 6) is -0.193. The number of hydrogen-bond donors (Lipinski definition) is 0. The SMILES string of the molecule is O=C([C@@H]1c2ccccc2C(=O)N2CCc3ccccc3[C@@H]12)N1CCN(c2ccccc2)CC1. The quantitative estimate of drug-likeness (QED) is 0.611. The van der Waals surface area contributed by atoms with E-state index in [0.717, 1.165) is 30.6 Å². The topological polar surface area (TPSA) is 43.9 Å². The van der Waals surface area contributed by atoms with Crippen molar-refractivity contribution in [1.82, 2.24) is 9.80 Å². The molecule has 166 valence electrons. The maximum Gasteiger partial charge on any atom is 0.254 e. The Balaban J connectivity index is 1.34. The molecule has 3 aromatic carbocycles. The molecule has 0 aliphatic carbocycles. The summed E-state index contributed by atoms with van der Waals surface area (Å²) in [6, 6.07) is 26.1. The number of amides is 2. The third kappa shape index (κ3) is 3.30. The van der Waals surface area contributed by atoms with E-state index in [1.165, 1.54) is 11.3 Å². The maximum atomic E-state index is 14.1. The fourth-order valence-electron chi connectivity index (χ4n) is 5.76. The van der Waals surface area contributed by atoms with Gasteiger partial charge in [0, 0.05) is 44.0 Å². The van der Waals surface area contributed by atoms with Crippen molar-refractivity contribution in [3.05, 3.63) is 101 Å². The summed E-state index contributed by atoms with van der Waals surface area (Å²) in [6.45, 7) is 3.66. The molecular formula is C28H27N3O2. The lowest BCUT2D eigenvalue weighted by Gasteiger charge is -2.47. The van der Waals surface area contributed by atoms with E-state index in [9.17, 15) is 9.59 Å². The van der Waals surface area contributed by atoms with Crippen molar-refractivity contribution in [3.8, 4) is 0 Å². The highest BCUT2D eigenvalue weighted by Crippen LogP contribution is 2.46. The zero-order valence-electron chi connectivity index (χ0n) is 18.6. The van der Waals surface area contributed by atoms with Crippen molar-refractivity contribution in [2.75, 3.05) is 37.6 Å². The van der Waals surface area contributed by atoms with Gasteiger partial charge in [-0.25, -0.2) is 0 Å². The van der Waals surface area contributed by atoms with Crippen molar-refractivity contribution in [3.63, 3.8) is 0 Å². The van der Waals surface area contributed by atoms with E-state index in [-0.39, 0.29) is 23.8 Å². The molecule has 0 N–H and O–H groups in total. The lowest BCUT2D eigenvalue weighted by atomic mass is 9.75. The Labute approximate surface area is 194 Å². The molecule has 0 aromatic heterocycles. The highest BCUT2D eigenvalue weighted by atomic mass is 16.2. The van der Waals surface area contributed by atoms with Gasteiger partial charge < -0.3 is 14.7 Å². The smallest absolute Gasteiger partial charge is 0.254 e. The number of carbonyl (C=O) groups is 2. The zero-order valence-corrected chi connectivity index (χ0v) is 18.6. The number of nitrogens with zero attached hydrogens (tertiary/aromatic N) is 3. The van der Waals surface area contributed by atoms with Crippen molar-refractivity contribution in [2.45, 2.75) is 18.4 Å². The summed E-state index contributed by atoms with van der Waals surface area (Å²) >= 11 is 0. The van der Waals surface area contributed by atoms with Crippen molar-refractivity contribution < 1.29 is 9.59 Å². The highest BCUT2D eigenvalue weighted by Gasteiger charge is 2.47. The molecule has 0 unspecified atom stereocenters. The summed E-state index contributed by atoms with van der Waals surface area (Å²) in [5.41, 5.74) is 5.11. The number of para-hydroxylation sites is 1. The number of carbonyl (C=O) groups excluding carboxylic acids is 2. The summed E-state index contributed by atoms with van der Waals surface area (Å²) in [5, 5.41) is 0. The Kier molecular flexibility index (Phi) is 4.90. The van der Waals surface area contributed by atoms with Gasteiger partial charge in [-0.1, -0.05) is 60.7 Å². The first-order valence-electron chi connectivity index (χ1n) is 11.8. The van der Waals surface area contributed by atoms with Crippen LogP contribution in [0.3, 0.4) is 0 Å². The minimum atomic E-state index is -0.372. The fourth-order valence-corrected chi connectivity index (χ4v) is 5.76. The number of hydrogen-bond acceptors (Lipinski definition) is 3. The highest BCUT2D eigenvalue weighted by molar-refractivity contribution is 6.01. The van der Waals surface area contributed by atoms with Crippen molar-refractivity contribution in [2.24, 2.45) is 0 Å². The van der Waals surface area contributed by atoms with Gasteiger partial charge in [-0.05, 0) is 41.3 Å². The molecule has 0 spiro atoms. The van der Waals surface area contributed by atoms with Gasteiger partial charge in [0.1, 0.15) is 0 Å². The molecule has 6 rings (SSSR count). The Morgan fingerprint density at radius 1 is 0.727 bits per heavy atom. The Bertz CT molecular complexity index is 1200. The average Bonchev–Trinajstić information content (AvgIpc) is 2.89. The first-order chi connectivity index (χ1) is 16.2. The average molecular weight is 438 g/mol. The van der Waals surface area contributed by atoms with Gasteiger partial charge in [0.15, 0.2) is 0 Å². The van der Waals surface area contributed by atoms with Gasteiger partial charge in [0.05, 0.1) is 12.0 Å². The van der Waals surface area contributed by atoms with Gasteiger partial charge in [0.25, 0.3) is 5.91 Å². The molecule has 2 amide bonds. The minimum absolute atomic E-state index is 0.0445. The van der Waals surface area contributed by atoms with E-state index in [2.05, 4.69) is 41.3 Å². The largest absolute Gasteiger partial charge is 0.368 e. The molecule has 1 saturated heterocycles. The summed E-state index contributed by atoms with van der Waals surface area (Å²) < 4.78 is 0. The van der Waals surface area contributed by atoms with E-state index < -0.39 is 0 Å². The summed E-state index contributed by atoms with van der Waals surface area (Å²) in [4.78, 5) is 33.8. The fraction of sp³-hybridized carbons (Fsp3) is 0.286. The van der Waals surface area contributed by atoms with Gasteiger partial charge in [0.2, 0.25) is 5.91 Å². The third-order valence-corrected chi connectivity index (χ3v) is 7.41. The van der Waals surface area contributed by atoms with Crippen LogP contribution in [0.1, 0.15) is 39.0 Å². The first-order valence-corrected chi connectivity index (χ1v) is 11.8. The molecular weight excluding hydrogens is 410 g/mol. The molecule has 0 bridgehead atoms. The predicted molar refractivity (Wildman–Crippen MR) is 128 cm³/mol. The lowest BCUT2D eigenvalue weighted by Crippen LogP contribution is -2.54. The third-order valence-electron chi connectivity index (χ3n) is 7.41. The van der Waals surface area contributed by atoms with E-state index in [4.69, 9.17) is 0 Å². The van der Waals surface area contributed by atoms with Crippen LogP contribution < -0.4 is 4.90 Å². The van der Waals surface area contributed by atoms with Crippen LogP contribution in [0.4, 0.5) is 5.69 Å². The van der Waals surface area contributed by atoms with E-state index >= 15 is 0 Å². The van der Waals surface area contributed by atoms with Gasteiger partial charge in [-0.2, -0.15) is 0 Å². The molecule has 3 aromatic rings. The molecule has 0 radical (unpaired) electrons. The number of fused-ring (bicyclic) bond motifs is 4. The second kappa shape index (κ2) is 8.07. The van der Waals surface area contributed by atoms with Crippen LogP contribution in [0.5, 0.6) is 0 Å². The molecule has 1 fully saturated rings. The van der Waals surface area contributed by atoms with E-state index in [0.29, 0.717) is 25.2 Å². The van der Waals surface area contributed by atoms with Crippen molar-refractivity contribution >= 4 is 17.5 Å². The zero-order chi connectivity index (χ0) is 22.4. The van der Waals surface area contributed by atoms with Crippen LogP contribution in [0.2, 0.25) is 0 Å². The molecule has 33 heavy (non-hydrogen) atoms. The lowest BCUT2D eigenvalue weighted by molar-refractivity contribution is -0.135. The normalized spacial score (nSPS) is 21.8. The number of benzene rings is 3. The number of piperazine rings is 1. The van der Waals surface area contributed by atoms with Crippen LogP contribution in [0.25, 0.3) is 0 Å². The van der Waals surface area contributed by atoms with Gasteiger partial charge >= 0.3 is 0 Å². The maximum absolute atomic E-state index is 14.1. The van der Waals surface area contributed by atoms with Gasteiger partial charge in [-0.3, -0.25) is 9.59 Å². The Morgan fingerprint density at radius 3 is 2.18 bits per heavy atom. The van der Waals surface area contributed by atoms with Crippen LogP contribution in [-0.4, -0.2) is 54.3 Å². The molecule has 5 heteroatoms. The van der Waals surface area contributed by atoms with Crippen LogP contribution in [-0.2, 0) is 11.2 Å². The number of rotatable bonds is 2. The predicted octanol–water partition coefficient (Wildman–Crippen LogP) is 3.87. The molecule has 3 aliphatic rings. The van der Waals surface area contributed by atoms with E-state index in [1.54, 1.807) is 0 Å². The summed E-state index contributed by atoms with van der Waals surface area (Å²) in [6.07, 6.45) is 0.831. The van der Waals surface area contributed by atoms with Crippen LogP contribution in [0, 0.1) is 0 Å².